The van der Waals surface area contributed by atoms with Crippen molar-refractivity contribution >= 4 is 40.0 Å². The Morgan fingerprint density at radius 2 is 2.13 bits per heavy atom. The van der Waals surface area contributed by atoms with Crippen molar-refractivity contribution in [3.05, 3.63) is 49.1 Å². The predicted octanol–water partition coefficient (Wildman–Crippen LogP) is 2.55. The van der Waals surface area contributed by atoms with Crippen LogP contribution in [0.15, 0.2) is 32.1 Å². The van der Waals surface area contributed by atoms with Crippen LogP contribution in [-0.2, 0) is 11.3 Å². The number of nitrogens with zero attached hydrogens (tertiary/aromatic N) is 3. The first kappa shape index (κ1) is 19.5. The fourth-order valence-electron chi connectivity index (χ4n) is 3.37. The van der Waals surface area contributed by atoms with Crippen molar-refractivity contribution in [1.29, 1.82) is 0 Å². The molecular weight excluding hydrogens is 422 g/mol. The van der Waals surface area contributed by atoms with Crippen LogP contribution < -0.4 is 16.6 Å². The van der Waals surface area contributed by atoms with Gasteiger partial charge in [-0.1, -0.05) is 17.8 Å². The van der Waals surface area contributed by atoms with E-state index in [1.54, 1.807) is 22.8 Å². The Morgan fingerprint density at radius 1 is 1.33 bits per heavy atom. The van der Waals surface area contributed by atoms with Crippen LogP contribution in [0.3, 0.4) is 0 Å². The summed E-state index contributed by atoms with van der Waals surface area (Å²) < 4.78 is 1.59. The molecule has 1 unspecified atom stereocenters. The third-order valence-electron chi connectivity index (χ3n) is 5.30. The summed E-state index contributed by atoms with van der Waals surface area (Å²) in [5, 5.41) is 5.22. The minimum absolute atomic E-state index is 0.0724. The molecule has 0 radical (unpaired) electrons. The zero-order chi connectivity index (χ0) is 20.8. The van der Waals surface area contributed by atoms with Gasteiger partial charge in [-0.2, -0.15) is 0 Å². The van der Waals surface area contributed by atoms with Crippen LogP contribution in [0.1, 0.15) is 55.3 Å². The van der Waals surface area contributed by atoms with E-state index in [1.807, 2.05) is 17.5 Å². The maximum atomic E-state index is 12.7. The lowest BCUT2D eigenvalue weighted by Crippen LogP contribution is -2.32. The Labute approximate surface area is 180 Å². The average molecular weight is 444 g/mol. The molecule has 2 aliphatic rings. The fourth-order valence-corrected chi connectivity index (χ4v) is 4.98. The van der Waals surface area contributed by atoms with Crippen molar-refractivity contribution in [2.45, 2.75) is 61.4 Å². The number of H-pyrrole nitrogens is 1. The van der Waals surface area contributed by atoms with Gasteiger partial charge in [-0.25, -0.2) is 14.8 Å². The van der Waals surface area contributed by atoms with Gasteiger partial charge in [0.1, 0.15) is 16.2 Å². The van der Waals surface area contributed by atoms with E-state index in [-0.39, 0.29) is 17.9 Å². The van der Waals surface area contributed by atoms with Crippen LogP contribution >= 0.6 is 23.1 Å². The van der Waals surface area contributed by atoms with Gasteiger partial charge in [0, 0.05) is 16.8 Å². The van der Waals surface area contributed by atoms with Crippen molar-refractivity contribution in [3.8, 4) is 0 Å². The molecule has 0 bridgehead atoms. The van der Waals surface area contributed by atoms with E-state index in [9.17, 15) is 14.4 Å². The van der Waals surface area contributed by atoms with Gasteiger partial charge >= 0.3 is 5.69 Å². The molecule has 1 atom stereocenters. The second-order valence-electron chi connectivity index (χ2n) is 7.78. The smallest absolute Gasteiger partial charge is 0.330 e. The van der Waals surface area contributed by atoms with E-state index in [4.69, 9.17) is 0 Å². The van der Waals surface area contributed by atoms with Crippen molar-refractivity contribution in [3.63, 3.8) is 0 Å². The second-order valence-corrected chi connectivity index (χ2v) is 10.1. The highest BCUT2D eigenvalue weighted by molar-refractivity contribution is 8.00. The summed E-state index contributed by atoms with van der Waals surface area (Å²) in [7, 11) is 0. The SMILES string of the molecule is CC(Sc1nc(C2CC2)nc2c1c(=O)[nH]c(=O)n2C1CC1)C(=O)NCc1cccs1. The van der Waals surface area contributed by atoms with Gasteiger partial charge in [-0.3, -0.25) is 19.1 Å². The number of nitrogens with one attached hydrogen (secondary N) is 2. The highest BCUT2D eigenvalue weighted by atomic mass is 32.2. The topological polar surface area (TPSA) is 110 Å². The highest BCUT2D eigenvalue weighted by Crippen LogP contribution is 2.41. The van der Waals surface area contributed by atoms with Gasteiger partial charge in [0.25, 0.3) is 5.56 Å². The molecule has 3 aromatic rings. The van der Waals surface area contributed by atoms with Crippen LogP contribution in [0.4, 0.5) is 0 Å². The molecule has 30 heavy (non-hydrogen) atoms. The number of fused-ring (bicyclic) bond motifs is 1. The summed E-state index contributed by atoms with van der Waals surface area (Å²) in [5.74, 6) is 0.800. The number of amides is 1. The summed E-state index contributed by atoms with van der Waals surface area (Å²) in [4.78, 5) is 50.5. The molecule has 2 N–H and O–H groups in total. The molecule has 2 fully saturated rings. The summed E-state index contributed by atoms with van der Waals surface area (Å²) in [6.45, 7) is 2.27. The van der Waals surface area contributed by atoms with Crippen molar-refractivity contribution in [2.75, 3.05) is 0 Å². The number of hydrogen-bond donors (Lipinski definition) is 2. The molecule has 2 saturated carbocycles. The van der Waals surface area contributed by atoms with E-state index >= 15 is 0 Å². The Morgan fingerprint density at radius 3 is 2.80 bits per heavy atom. The zero-order valence-corrected chi connectivity index (χ0v) is 18.0. The van der Waals surface area contributed by atoms with Crippen LogP contribution in [0.25, 0.3) is 11.0 Å². The maximum absolute atomic E-state index is 12.7. The van der Waals surface area contributed by atoms with Gasteiger partial charge in [-0.15, -0.1) is 11.3 Å². The lowest BCUT2D eigenvalue weighted by Gasteiger charge is -2.15. The lowest BCUT2D eigenvalue weighted by atomic mass is 10.3. The monoisotopic (exact) mass is 443 g/mol. The highest BCUT2D eigenvalue weighted by Gasteiger charge is 2.32. The van der Waals surface area contributed by atoms with Crippen molar-refractivity contribution in [2.24, 2.45) is 0 Å². The molecule has 0 spiro atoms. The fraction of sp³-hybridized carbons (Fsp3) is 0.450. The Bertz CT molecular complexity index is 1230. The van der Waals surface area contributed by atoms with Crippen molar-refractivity contribution < 1.29 is 4.79 Å². The number of thioether (sulfide) groups is 1. The largest absolute Gasteiger partial charge is 0.350 e. The Kier molecular flexibility index (Phi) is 4.98. The normalized spacial score (nSPS) is 17.2. The third kappa shape index (κ3) is 3.81. The standard InChI is InChI=1S/C20H21N5O3S2/c1-10(17(26)21-9-13-3-2-8-29-13)30-19-14-16(22-15(23-19)11-4-5-11)25(12-6-7-12)20(28)24-18(14)27/h2-3,8,10-12H,4-7,9H2,1H3,(H,21,26)(H,24,27,28). The number of thiophene rings is 1. The van der Waals surface area contributed by atoms with E-state index in [2.05, 4.69) is 20.3 Å². The summed E-state index contributed by atoms with van der Waals surface area (Å²) in [6.07, 6.45) is 3.80. The van der Waals surface area contributed by atoms with Crippen molar-refractivity contribution in [1.82, 2.24) is 24.8 Å². The zero-order valence-electron chi connectivity index (χ0n) is 16.4. The van der Waals surface area contributed by atoms with Gasteiger partial charge in [-0.05, 0) is 44.1 Å². The minimum atomic E-state index is -0.497. The molecule has 0 aromatic carbocycles. The van der Waals surface area contributed by atoms with Crippen LogP contribution in [0.5, 0.6) is 0 Å². The van der Waals surface area contributed by atoms with Gasteiger partial charge in [0.05, 0.1) is 11.8 Å². The predicted molar refractivity (Wildman–Crippen MR) is 116 cm³/mol. The van der Waals surface area contributed by atoms with Crippen LogP contribution in [-0.4, -0.2) is 30.7 Å². The number of carbonyl (C=O) groups is 1. The van der Waals surface area contributed by atoms with Gasteiger partial charge in [0.15, 0.2) is 5.65 Å². The Balaban J connectivity index is 1.50. The number of aromatic amines is 1. The molecule has 10 heteroatoms. The van der Waals surface area contributed by atoms with E-state index in [0.717, 1.165) is 30.6 Å². The molecule has 3 heterocycles. The molecule has 5 rings (SSSR count). The molecule has 3 aromatic heterocycles. The first-order valence-corrected chi connectivity index (χ1v) is 11.8. The summed E-state index contributed by atoms with van der Waals surface area (Å²) in [5.41, 5.74) is -0.520. The van der Waals surface area contributed by atoms with E-state index in [0.29, 0.717) is 28.4 Å². The molecule has 8 nitrogen and oxygen atoms in total. The number of aromatic nitrogens is 4. The average Bonchev–Trinajstić information content (AvgIpc) is 3.65. The third-order valence-corrected chi connectivity index (χ3v) is 7.26. The molecule has 0 saturated heterocycles. The quantitative estimate of drug-likeness (QED) is 0.429. The Hall–Kier alpha value is -2.46. The van der Waals surface area contributed by atoms with Crippen LogP contribution in [0.2, 0.25) is 0 Å². The van der Waals surface area contributed by atoms with Crippen LogP contribution in [0, 0.1) is 0 Å². The molecule has 2 aliphatic carbocycles. The summed E-state index contributed by atoms with van der Waals surface area (Å²) in [6, 6.07) is 3.99. The first-order valence-electron chi connectivity index (χ1n) is 10.0. The minimum Gasteiger partial charge on any atom is -0.350 e. The number of hydrogen-bond acceptors (Lipinski definition) is 7. The van der Waals surface area contributed by atoms with E-state index in [1.165, 1.54) is 11.8 Å². The van der Waals surface area contributed by atoms with Gasteiger partial charge in [0.2, 0.25) is 5.91 Å². The van der Waals surface area contributed by atoms with Gasteiger partial charge < -0.3 is 5.32 Å². The number of rotatable bonds is 7. The lowest BCUT2D eigenvalue weighted by molar-refractivity contribution is -0.120. The molecule has 0 aliphatic heterocycles. The molecule has 1 amide bonds. The molecule has 156 valence electrons. The molecular formula is C20H21N5O3S2. The van der Waals surface area contributed by atoms with E-state index < -0.39 is 16.5 Å². The maximum Gasteiger partial charge on any atom is 0.330 e. The second kappa shape index (κ2) is 7.66. The number of carbonyl (C=O) groups excluding carboxylic acids is 1. The summed E-state index contributed by atoms with van der Waals surface area (Å²) >= 11 is 2.83. The first-order chi connectivity index (χ1) is 14.5.